The highest BCUT2D eigenvalue weighted by atomic mass is 32.2. The smallest absolute Gasteiger partial charge is 0.251 e. The van der Waals surface area contributed by atoms with E-state index in [9.17, 15) is 22.4 Å². The third kappa shape index (κ3) is 5.24. The number of carbonyl (C=O) groups excluding carboxylic acids is 1. The van der Waals surface area contributed by atoms with E-state index in [0.717, 1.165) is 16.8 Å². The highest BCUT2D eigenvalue weighted by Gasteiger charge is 2.22. The van der Waals surface area contributed by atoms with Crippen molar-refractivity contribution in [3.05, 3.63) is 64.3 Å². The summed E-state index contributed by atoms with van der Waals surface area (Å²) in [7, 11) is -3.74. The van der Waals surface area contributed by atoms with Gasteiger partial charge in [-0.15, -0.1) is 0 Å². The Morgan fingerprint density at radius 1 is 1.19 bits per heavy atom. The zero-order valence-electron chi connectivity index (χ0n) is 15.2. The van der Waals surface area contributed by atoms with E-state index in [4.69, 9.17) is 0 Å². The molecule has 0 unspecified atom stereocenters. The Hall–Kier alpha value is -2.52. The van der Waals surface area contributed by atoms with E-state index in [1.165, 1.54) is 28.6 Å². The van der Waals surface area contributed by atoms with E-state index in [1.807, 2.05) is 0 Å². The van der Waals surface area contributed by atoms with Gasteiger partial charge in [0, 0.05) is 31.9 Å². The fourth-order valence-electron chi connectivity index (χ4n) is 2.56. The molecule has 1 amide bonds. The topological polar surface area (TPSA) is 88.5 Å². The molecule has 1 N–H and O–H groups in total. The molecular formula is C18H22FN3O4S. The summed E-state index contributed by atoms with van der Waals surface area (Å²) in [5.41, 5.74) is 0.0861. The van der Waals surface area contributed by atoms with Crippen LogP contribution in [0.2, 0.25) is 0 Å². The Morgan fingerprint density at radius 2 is 1.89 bits per heavy atom. The third-order valence-electron chi connectivity index (χ3n) is 3.99. The van der Waals surface area contributed by atoms with E-state index < -0.39 is 27.3 Å². The molecule has 0 aliphatic heterocycles. The number of nitrogens with one attached hydrogen (secondary N) is 1. The van der Waals surface area contributed by atoms with Gasteiger partial charge in [0.15, 0.2) is 0 Å². The average molecular weight is 395 g/mol. The SMILES string of the molecule is CCN(CC)S(=O)(=O)c1ccc(=O)n(CC(=O)NCc2cccc(F)c2)c1. The molecule has 1 aromatic heterocycles. The second kappa shape index (κ2) is 8.92. The van der Waals surface area contributed by atoms with Gasteiger partial charge in [-0.05, 0) is 23.8 Å². The van der Waals surface area contributed by atoms with Crippen LogP contribution < -0.4 is 10.9 Å². The molecule has 0 bridgehead atoms. The lowest BCUT2D eigenvalue weighted by atomic mass is 10.2. The summed E-state index contributed by atoms with van der Waals surface area (Å²) in [4.78, 5) is 24.0. The molecule has 2 rings (SSSR count). The Balaban J connectivity index is 2.14. The van der Waals surface area contributed by atoms with E-state index in [2.05, 4.69) is 5.32 Å². The van der Waals surface area contributed by atoms with E-state index >= 15 is 0 Å². The minimum atomic E-state index is -3.74. The number of nitrogens with zero attached hydrogens (tertiary/aromatic N) is 2. The number of hydrogen-bond donors (Lipinski definition) is 1. The van der Waals surface area contributed by atoms with E-state index in [1.54, 1.807) is 19.9 Å². The molecule has 0 spiro atoms. The molecule has 0 saturated carbocycles. The van der Waals surface area contributed by atoms with Gasteiger partial charge in [0.05, 0.1) is 4.90 Å². The zero-order chi connectivity index (χ0) is 20.0. The van der Waals surface area contributed by atoms with Gasteiger partial charge >= 0.3 is 0 Å². The van der Waals surface area contributed by atoms with Crippen LogP contribution in [-0.4, -0.2) is 36.3 Å². The van der Waals surface area contributed by atoms with Gasteiger partial charge in [0.25, 0.3) is 5.56 Å². The zero-order valence-corrected chi connectivity index (χ0v) is 16.0. The summed E-state index contributed by atoms with van der Waals surface area (Å²) in [5.74, 6) is -0.897. The van der Waals surface area contributed by atoms with Crippen molar-refractivity contribution in [1.29, 1.82) is 0 Å². The maximum atomic E-state index is 13.2. The summed E-state index contributed by atoms with van der Waals surface area (Å²) < 4.78 is 40.6. The third-order valence-corrected chi connectivity index (χ3v) is 6.03. The second-order valence-corrected chi connectivity index (χ2v) is 7.76. The summed E-state index contributed by atoms with van der Waals surface area (Å²) in [6.45, 7) is 3.80. The molecule has 7 nitrogen and oxygen atoms in total. The predicted octanol–water partition coefficient (Wildman–Crippen LogP) is 1.33. The normalized spacial score (nSPS) is 11.6. The number of amides is 1. The molecule has 0 radical (unpaired) electrons. The van der Waals surface area contributed by atoms with Crippen LogP contribution in [0.3, 0.4) is 0 Å². The Morgan fingerprint density at radius 3 is 2.52 bits per heavy atom. The van der Waals surface area contributed by atoms with Crippen molar-refractivity contribution in [3.63, 3.8) is 0 Å². The summed E-state index contributed by atoms with van der Waals surface area (Å²) >= 11 is 0. The van der Waals surface area contributed by atoms with Crippen LogP contribution in [-0.2, 0) is 27.9 Å². The van der Waals surface area contributed by atoms with Crippen molar-refractivity contribution in [2.75, 3.05) is 13.1 Å². The number of carbonyl (C=O) groups is 1. The Labute approximate surface area is 157 Å². The maximum Gasteiger partial charge on any atom is 0.251 e. The standard InChI is InChI=1S/C18H22FN3O4S/c1-3-22(4-2)27(25,26)16-8-9-18(24)21(12-16)13-17(23)20-11-14-6-5-7-15(19)10-14/h5-10,12H,3-4,11,13H2,1-2H3,(H,20,23). The van der Waals surface area contributed by atoms with Crippen LogP contribution in [0.25, 0.3) is 0 Å². The van der Waals surface area contributed by atoms with Gasteiger partial charge in [0.1, 0.15) is 12.4 Å². The van der Waals surface area contributed by atoms with Crippen molar-refractivity contribution >= 4 is 15.9 Å². The Kier molecular flexibility index (Phi) is 6.86. The molecule has 0 aliphatic carbocycles. The van der Waals surface area contributed by atoms with Crippen molar-refractivity contribution < 1.29 is 17.6 Å². The first-order valence-electron chi connectivity index (χ1n) is 8.49. The van der Waals surface area contributed by atoms with Crippen LogP contribution in [0.4, 0.5) is 4.39 Å². The highest BCUT2D eigenvalue weighted by Crippen LogP contribution is 2.13. The van der Waals surface area contributed by atoms with Gasteiger partial charge in [-0.3, -0.25) is 9.59 Å². The number of hydrogen-bond acceptors (Lipinski definition) is 4. The largest absolute Gasteiger partial charge is 0.350 e. The van der Waals surface area contributed by atoms with Crippen molar-refractivity contribution in [1.82, 2.24) is 14.2 Å². The molecule has 1 aromatic carbocycles. The molecule has 146 valence electrons. The minimum Gasteiger partial charge on any atom is -0.350 e. The lowest BCUT2D eigenvalue weighted by Gasteiger charge is -2.19. The van der Waals surface area contributed by atoms with Crippen molar-refractivity contribution in [2.24, 2.45) is 0 Å². The summed E-state index contributed by atoms with van der Waals surface area (Å²) in [6, 6.07) is 8.14. The number of pyridine rings is 1. The number of sulfonamides is 1. The van der Waals surface area contributed by atoms with Gasteiger partial charge in [0.2, 0.25) is 15.9 Å². The maximum absolute atomic E-state index is 13.2. The van der Waals surface area contributed by atoms with Gasteiger partial charge in [-0.1, -0.05) is 26.0 Å². The van der Waals surface area contributed by atoms with Crippen LogP contribution in [0.1, 0.15) is 19.4 Å². The molecule has 0 aliphatic rings. The fourth-order valence-corrected chi connectivity index (χ4v) is 4.03. The first-order chi connectivity index (χ1) is 12.8. The molecule has 0 saturated heterocycles. The van der Waals surface area contributed by atoms with Crippen LogP contribution >= 0.6 is 0 Å². The van der Waals surface area contributed by atoms with Crippen molar-refractivity contribution in [3.8, 4) is 0 Å². The Bertz CT molecular complexity index is 969. The monoisotopic (exact) mass is 395 g/mol. The van der Waals surface area contributed by atoms with Crippen LogP contribution in [0, 0.1) is 5.82 Å². The van der Waals surface area contributed by atoms with Crippen LogP contribution in [0.15, 0.2) is 52.3 Å². The van der Waals surface area contributed by atoms with E-state index in [-0.39, 0.29) is 18.0 Å². The molecule has 2 aromatic rings. The quantitative estimate of drug-likeness (QED) is 0.730. The lowest BCUT2D eigenvalue weighted by Crippen LogP contribution is -2.34. The fraction of sp³-hybridized carbons (Fsp3) is 0.333. The average Bonchev–Trinajstić information content (AvgIpc) is 2.62. The van der Waals surface area contributed by atoms with Crippen LogP contribution in [0.5, 0.6) is 0 Å². The van der Waals surface area contributed by atoms with Crippen molar-refractivity contribution in [2.45, 2.75) is 31.8 Å². The molecule has 9 heteroatoms. The molecule has 27 heavy (non-hydrogen) atoms. The van der Waals surface area contributed by atoms with Gasteiger partial charge < -0.3 is 9.88 Å². The molecule has 0 fully saturated rings. The lowest BCUT2D eigenvalue weighted by molar-refractivity contribution is -0.121. The number of rotatable bonds is 8. The minimum absolute atomic E-state index is 0.0521. The van der Waals surface area contributed by atoms with E-state index in [0.29, 0.717) is 18.7 Å². The molecular weight excluding hydrogens is 373 g/mol. The first kappa shape index (κ1) is 20.8. The number of aromatic nitrogens is 1. The van der Waals surface area contributed by atoms with Gasteiger partial charge in [-0.2, -0.15) is 4.31 Å². The van der Waals surface area contributed by atoms with Gasteiger partial charge in [-0.25, -0.2) is 12.8 Å². The summed E-state index contributed by atoms with van der Waals surface area (Å²) in [6.07, 6.45) is 1.16. The first-order valence-corrected chi connectivity index (χ1v) is 9.93. The number of benzene rings is 1. The molecule has 0 atom stereocenters. The second-order valence-electron chi connectivity index (χ2n) is 5.83. The highest BCUT2D eigenvalue weighted by molar-refractivity contribution is 7.89. The number of halogens is 1. The predicted molar refractivity (Wildman–Crippen MR) is 99.1 cm³/mol. The summed E-state index contributed by atoms with van der Waals surface area (Å²) in [5, 5.41) is 2.58. The molecule has 1 heterocycles.